The summed E-state index contributed by atoms with van der Waals surface area (Å²) >= 11 is 0. The van der Waals surface area contributed by atoms with Gasteiger partial charge >= 0.3 is 0 Å². The first-order chi connectivity index (χ1) is 18.9. The fourth-order valence-corrected chi connectivity index (χ4v) is 5.44. The molecule has 2 aromatic heterocycles. The molecule has 39 heavy (non-hydrogen) atoms. The number of rotatable bonds is 8. The number of aromatic nitrogens is 3. The molecule has 2 aliphatic rings. The van der Waals surface area contributed by atoms with Crippen molar-refractivity contribution in [3.8, 4) is 22.9 Å². The second-order valence-electron chi connectivity index (χ2n) is 11.4. The molecule has 3 heterocycles. The highest BCUT2D eigenvalue weighted by molar-refractivity contribution is 5.97. The molecular formula is C32H35N5O2. The van der Waals surface area contributed by atoms with Crippen LogP contribution >= 0.6 is 0 Å². The van der Waals surface area contributed by atoms with Gasteiger partial charge in [-0.2, -0.15) is 0 Å². The molecule has 1 aliphatic carbocycles. The number of nitrogens with zero attached hydrogens (tertiary/aromatic N) is 3. The van der Waals surface area contributed by atoms with Crippen molar-refractivity contribution in [1.29, 1.82) is 0 Å². The third kappa shape index (κ3) is 5.36. The minimum Gasteiger partial charge on any atom is -0.437 e. The maximum Gasteiger partial charge on any atom is 0.228 e. The molecule has 2 aromatic carbocycles. The smallest absolute Gasteiger partial charge is 0.228 e. The molecule has 2 N–H and O–H groups in total. The molecule has 200 valence electrons. The largest absolute Gasteiger partial charge is 0.437 e. The number of carbonyl (C=O) groups is 1. The number of hydrogen-bond donors (Lipinski definition) is 2. The Hall–Kier alpha value is -3.84. The zero-order chi connectivity index (χ0) is 27.0. The van der Waals surface area contributed by atoms with Gasteiger partial charge in [0.2, 0.25) is 11.8 Å². The van der Waals surface area contributed by atoms with Crippen LogP contribution in [0.25, 0.3) is 22.0 Å². The van der Waals surface area contributed by atoms with Gasteiger partial charge in [-0.1, -0.05) is 44.2 Å². The molecule has 0 amide bonds. The summed E-state index contributed by atoms with van der Waals surface area (Å²) in [6.07, 6.45) is 7.00. The Kier molecular flexibility index (Phi) is 6.77. The molecule has 2 fully saturated rings. The van der Waals surface area contributed by atoms with E-state index in [1.807, 2.05) is 31.2 Å². The summed E-state index contributed by atoms with van der Waals surface area (Å²) < 4.78 is 6.56. The first kappa shape index (κ1) is 25.4. The van der Waals surface area contributed by atoms with Crippen LogP contribution in [0.2, 0.25) is 0 Å². The van der Waals surface area contributed by atoms with Gasteiger partial charge in [0, 0.05) is 42.2 Å². The van der Waals surface area contributed by atoms with Crippen LogP contribution in [-0.4, -0.2) is 39.9 Å². The summed E-state index contributed by atoms with van der Waals surface area (Å²) in [4.78, 5) is 26.8. The normalized spacial score (nSPS) is 20.0. The number of piperidine rings is 1. The Balaban J connectivity index is 1.31. The number of pyridine rings is 1. The predicted octanol–water partition coefficient (Wildman–Crippen LogP) is 6.11. The van der Waals surface area contributed by atoms with Crippen molar-refractivity contribution in [3.63, 3.8) is 0 Å². The topological polar surface area (TPSA) is 89.0 Å². The highest BCUT2D eigenvalue weighted by Crippen LogP contribution is 2.47. The summed E-state index contributed by atoms with van der Waals surface area (Å²) in [5.74, 6) is 2.75. The number of hydrogen-bond acceptors (Lipinski definition) is 7. The fourth-order valence-electron chi connectivity index (χ4n) is 5.44. The molecule has 7 nitrogen and oxygen atoms in total. The van der Waals surface area contributed by atoms with Gasteiger partial charge in [-0.25, -0.2) is 15.0 Å². The van der Waals surface area contributed by atoms with E-state index in [4.69, 9.17) is 9.72 Å². The van der Waals surface area contributed by atoms with Crippen molar-refractivity contribution in [2.24, 2.45) is 11.3 Å². The summed E-state index contributed by atoms with van der Waals surface area (Å²) in [7, 11) is 0. The fraction of sp³-hybridized carbons (Fsp3) is 0.375. The van der Waals surface area contributed by atoms with E-state index in [0.717, 1.165) is 71.3 Å². The van der Waals surface area contributed by atoms with Gasteiger partial charge in [0.25, 0.3) is 0 Å². The lowest BCUT2D eigenvalue weighted by molar-refractivity contribution is -0.122. The minimum absolute atomic E-state index is 0.147. The number of Topliss-reactive ketones (excluding diaryl/α,β-unsaturated/α-hetero) is 1. The van der Waals surface area contributed by atoms with E-state index in [9.17, 15) is 4.79 Å². The molecule has 0 radical (unpaired) electrons. The zero-order valence-electron chi connectivity index (χ0n) is 22.8. The van der Waals surface area contributed by atoms with Crippen LogP contribution in [0.4, 0.5) is 5.95 Å². The molecule has 0 unspecified atom stereocenters. The maximum atomic E-state index is 12.9. The van der Waals surface area contributed by atoms with Crippen molar-refractivity contribution in [2.75, 3.05) is 18.4 Å². The average Bonchev–Trinajstić information content (AvgIpc) is 3.69. The third-order valence-electron chi connectivity index (χ3n) is 8.13. The second-order valence-corrected chi connectivity index (χ2v) is 11.4. The number of aryl methyl sites for hydroxylation is 1. The van der Waals surface area contributed by atoms with E-state index in [2.05, 4.69) is 58.7 Å². The second kappa shape index (κ2) is 10.4. The lowest BCUT2D eigenvalue weighted by atomic mass is 9.93. The van der Waals surface area contributed by atoms with Gasteiger partial charge in [-0.05, 0) is 73.4 Å². The number of nitrogens with one attached hydrogen (secondary N) is 2. The Labute approximate surface area is 229 Å². The van der Waals surface area contributed by atoms with Crippen molar-refractivity contribution in [1.82, 2.24) is 20.3 Å². The molecular weight excluding hydrogens is 486 g/mol. The van der Waals surface area contributed by atoms with E-state index in [0.29, 0.717) is 30.0 Å². The number of benzene rings is 2. The SMILES string of the molecule is Cc1ccc2c(CC(=O)C3(C)CC3)cccc2c1Oc1ncccc1-c1ccnc(N[C@@H]2CNC[C@H](C)C2)n1. The third-order valence-corrected chi connectivity index (χ3v) is 8.13. The van der Waals surface area contributed by atoms with E-state index in [1.54, 1.807) is 12.4 Å². The summed E-state index contributed by atoms with van der Waals surface area (Å²) in [6, 6.07) is 16.3. The Morgan fingerprint density at radius 1 is 1.05 bits per heavy atom. The molecule has 0 spiro atoms. The molecule has 1 saturated carbocycles. The molecule has 1 aliphatic heterocycles. The Bertz CT molecular complexity index is 1530. The number of anilines is 1. The highest BCUT2D eigenvalue weighted by Gasteiger charge is 2.44. The van der Waals surface area contributed by atoms with Gasteiger partial charge in [0.05, 0.1) is 11.3 Å². The number of carbonyl (C=O) groups excluding carboxylic acids is 1. The van der Waals surface area contributed by atoms with E-state index < -0.39 is 0 Å². The van der Waals surface area contributed by atoms with Crippen LogP contribution in [0.3, 0.4) is 0 Å². The summed E-state index contributed by atoms with van der Waals surface area (Å²) in [5, 5.41) is 8.97. The van der Waals surface area contributed by atoms with Gasteiger partial charge < -0.3 is 15.4 Å². The average molecular weight is 522 g/mol. The first-order valence-electron chi connectivity index (χ1n) is 13.9. The molecule has 2 atom stereocenters. The Morgan fingerprint density at radius 3 is 2.74 bits per heavy atom. The molecule has 1 saturated heterocycles. The number of ether oxygens (including phenoxy) is 1. The van der Waals surface area contributed by atoms with Crippen LogP contribution in [0.5, 0.6) is 11.6 Å². The first-order valence-corrected chi connectivity index (χ1v) is 13.9. The lowest BCUT2D eigenvalue weighted by Gasteiger charge is -2.28. The lowest BCUT2D eigenvalue weighted by Crippen LogP contribution is -2.42. The van der Waals surface area contributed by atoms with Gasteiger partial charge in [0.1, 0.15) is 11.5 Å². The van der Waals surface area contributed by atoms with Crippen LogP contribution in [0.1, 0.15) is 44.2 Å². The van der Waals surface area contributed by atoms with Gasteiger partial charge in [-0.3, -0.25) is 4.79 Å². The quantitative estimate of drug-likeness (QED) is 0.289. The van der Waals surface area contributed by atoms with Crippen LogP contribution < -0.4 is 15.4 Å². The Morgan fingerprint density at radius 2 is 1.92 bits per heavy atom. The van der Waals surface area contributed by atoms with Crippen molar-refractivity contribution >= 4 is 22.5 Å². The summed E-state index contributed by atoms with van der Waals surface area (Å²) in [5.41, 5.74) is 3.43. The van der Waals surface area contributed by atoms with Crippen LogP contribution in [0, 0.1) is 18.3 Å². The van der Waals surface area contributed by atoms with Crippen LogP contribution in [0.15, 0.2) is 60.9 Å². The minimum atomic E-state index is -0.147. The van der Waals surface area contributed by atoms with Crippen molar-refractivity contribution < 1.29 is 9.53 Å². The van der Waals surface area contributed by atoms with Crippen molar-refractivity contribution in [3.05, 3.63) is 72.1 Å². The summed E-state index contributed by atoms with van der Waals surface area (Å²) in [6.45, 7) is 8.29. The monoisotopic (exact) mass is 521 g/mol. The molecule has 4 aromatic rings. The molecule has 6 rings (SSSR count). The number of fused-ring (bicyclic) bond motifs is 1. The van der Waals surface area contributed by atoms with Crippen LogP contribution in [-0.2, 0) is 11.2 Å². The molecule has 0 bridgehead atoms. The molecule has 7 heteroatoms. The van der Waals surface area contributed by atoms with E-state index in [1.165, 1.54) is 0 Å². The van der Waals surface area contributed by atoms with Gasteiger partial charge in [-0.15, -0.1) is 0 Å². The maximum absolute atomic E-state index is 12.9. The predicted molar refractivity (Wildman–Crippen MR) is 154 cm³/mol. The van der Waals surface area contributed by atoms with E-state index >= 15 is 0 Å². The standard InChI is InChI=1S/C32H35N5O2/c1-20-16-23(19-33-18-20)36-31-35-15-11-27(37-31)26-8-5-14-34-30(26)39-29-21(2)9-10-24-22(6-4-7-25(24)29)17-28(38)32(3)12-13-32/h4-11,14-15,20,23,33H,12-13,16-19H2,1-3H3,(H,35,36,37)/t20-,23+/m1/s1. The zero-order valence-corrected chi connectivity index (χ0v) is 22.8. The van der Waals surface area contributed by atoms with Crippen molar-refractivity contribution in [2.45, 2.75) is 52.5 Å². The van der Waals surface area contributed by atoms with Gasteiger partial charge in [0.15, 0.2) is 0 Å². The number of ketones is 1. The van der Waals surface area contributed by atoms with E-state index in [-0.39, 0.29) is 11.5 Å². The highest BCUT2D eigenvalue weighted by atomic mass is 16.5.